The smallest absolute Gasteiger partial charge is 0.308 e. The molecule has 0 saturated heterocycles. The second-order valence-corrected chi connectivity index (χ2v) is 7.37. The number of carbonyl (C=O) groups is 2. The summed E-state index contributed by atoms with van der Waals surface area (Å²) in [4.78, 5) is 28.2. The number of halogens is 1. The van der Waals surface area contributed by atoms with Crippen molar-refractivity contribution >= 4 is 40.1 Å². The maximum atomic E-state index is 12.5. The van der Waals surface area contributed by atoms with Gasteiger partial charge in [-0.05, 0) is 44.0 Å². The summed E-state index contributed by atoms with van der Waals surface area (Å²) in [5, 5.41) is 8.63. The van der Waals surface area contributed by atoms with Crippen molar-refractivity contribution in [2.24, 2.45) is 5.92 Å². The third kappa shape index (κ3) is 3.45. The lowest BCUT2D eigenvalue weighted by molar-refractivity contribution is -0.149. The minimum absolute atomic E-state index is 0.0671. The number of anilines is 1. The number of nitrogens with one attached hydrogen (secondary N) is 1. The number of carbonyl (C=O) groups excluding carboxylic acids is 2. The minimum Gasteiger partial charge on any atom is -0.469 e. The van der Waals surface area contributed by atoms with Gasteiger partial charge >= 0.3 is 5.97 Å². The van der Waals surface area contributed by atoms with Crippen LogP contribution in [0.3, 0.4) is 0 Å². The van der Waals surface area contributed by atoms with Crippen LogP contribution in [0.15, 0.2) is 36.5 Å². The molecule has 1 aliphatic carbocycles. The normalized spacial score (nSPS) is 18.5. The maximum absolute atomic E-state index is 12.5. The molecule has 0 bridgehead atoms. The number of nitrogens with zero attached hydrogens (tertiary/aromatic N) is 3. The fourth-order valence-corrected chi connectivity index (χ4v) is 3.57. The first kappa shape index (κ1) is 18.4. The first-order valence-corrected chi connectivity index (χ1v) is 9.33. The van der Waals surface area contributed by atoms with Crippen molar-refractivity contribution in [3.63, 3.8) is 0 Å². The summed E-state index contributed by atoms with van der Waals surface area (Å²) < 4.78 is 6.63. The average Bonchev–Trinajstić information content (AvgIpc) is 3.02. The van der Waals surface area contributed by atoms with E-state index < -0.39 is 0 Å². The number of fused-ring (bicyclic) bond motifs is 1. The van der Waals surface area contributed by atoms with Gasteiger partial charge < -0.3 is 10.1 Å². The molecule has 1 fully saturated rings. The summed E-state index contributed by atoms with van der Waals surface area (Å²) in [6.45, 7) is 1.83. The molecule has 2 heterocycles. The quantitative estimate of drug-likeness (QED) is 0.676. The van der Waals surface area contributed by atoms with Gasteiger partial charge in [0, 0.05) is 17.3 Å². The summed E-state index contributed by atoms with van der Waals surface area (Å²) in [6, 6.07) is 8.95. The number of benzene rings is 1. The van der Waals surface area contributed by atoms with Crippen molar-refractivity contribution in [2.75, 3.05) is 12.4 Å². The third-order valence-corrected chi connectivity index (χ3v) is 5.31. The molecule has 1 saturated carbocycles. The monoisotopic (exact) mass is 398 g/mol. The van der Waals surface area contributed by atoms with Gasteiger partial charge in [-0.1, -0.05) is 17.7 Å². The second-order valence-electron chi connectivity index (χ2n) is 6.96. The number of pyridine rings is 1. The van der Waals surface area contributed by atoms with E-state index in [1.54, 1.807) is 24.3 Å². The summed E-state index contributed by atoms with van der Waals surface area (Å²) in [7, 11) is 1.40. The van der Waals surface area contributed by atoms with Crippen LogP contribution in [0.1, 0.15) is 35.1 Å². The van der Waals surface area contributed by atoms with Crippen LogP contribution in [-0.4, -0.2) is 33.8 Å². The van der Waals surface area contributed by atoms with Crippen LogP contribution >= 0.6 is 11.6 Å². The van der Waals surface area contributed by atoms with Crippen LogP contribution in [0.2, 0.25) is 5.02 Å². The fourth-order valence-electron chi connectivity index (χ4n) is 3.37. The van der Waals surface area contributed by atoms with Crippen molar-refractivity contribution < 1.29 is 14.3 Å². The van der Waals surface area contributed by atoms with E-state index in [2.05, 4.69) is 15.4 Å². The Kier molecular flexibility index (Phi) is 4.77. The number of amides is 1. The van der Waals surface area contributed by atoms with Gasteiger partial charge in [0.05, 0.1) is 35.3 Å². The molecule has 8 heteroatoms. The van der Waals surface area contributed by atoms with Gasteiger partial charge in [-0.15, -0.1) is 0 Å². The number of hydrogen-bond acceptors (Lipinski definition) is 5. The lowest BCUT2D eigenvalue weighted by atomic mass is 9.80. The van der Waals surface area contributed by atoms with E-state index in [0.29, 0.717) is 29.2 Å². The Labute approximate surface area is 166 Å². The molecule has 1 aliphatic rings. The van der Waals surface area contributed by atoms with E-state index in [4.69, 9.17) is 16.3 Å². The number of methoxy groups -OCH3 is 1. The molecule has 7 nitrogen and oxygen atoms in total. The van der Waals surface area contributed by atoms with E-state index >= 15 is 0 Å². The molecule has 0 spiro atoms. The molecule has 1 N–H and O–H groups in total. The number of ether oxygens (including phenoxy) is 1. The highest BCUT2D eigenvalue weighted by Crippen LogP contribution is 2.39. The van der Waals surface area contributed by atoms with Gasteiger partial charge in [0.2, 0.25) is 0 Å². The number of esters is 1. The van der Waals surface area contributed by atoms with Crippen molar-refractivity contribution in [1.82, 2.24) is 14.8 Å². The Morgan fingerprint density at radius 3 is 2.79 bits per heavy atom. The molecule has 0 radical (unpaired) electrons. The molecule has 1 aromatic carbocycles. The first-order valence-electron chi connectivity index (χ1n) is 8.96. The van der Waals surface area contributed by atoms with Crippen LogP contribution < -0.4 is 5.32 Å². The number of rotatable bonds is 4. The van der Waals surface area contributed by atoms with E-state index in [1.807, 2.05) is 23.9 Å². The molecule has 4 rings (SSSR count). The van der Waals surface area contributed by atoms with E-state index in [0.717, 1.165) is 16.6 Å². The zero-order valence-corrected chi connectivity index (χ0v) is 16.2. The van der Waals surface area contributed by atoms with E-state index in [9.17, 15) is 9.59 Å². The average molecular weight is 399 g/mol. The number of aryl methyl sites for hydroxylation is 1. The van der Waals surface area contributed by atoms with Gasteiger partial charge in [0.25, 0.3) is 5.91 Å². The minimum atomic E-state index is -0.322. The van der Waals surface area contributed by atoms with Gasteiger partial charge in [-0.3, -0.25) is 14.3 Å². The van der Waals surface area contributed by atoms with Crippen LogP contribution in [-0.2, 0) is 9.53 Å². The Bertz CT molecular complexity index is 1070. The standard InChI is InChI=1S/C20H19ClN4O3/c1-11-4-3-5-16(22-11)19(26)23-18-8-13-10-25(24-17(13)9-15(18)21)14-6-12(7-14)20(27)28-2/h3-5,8-10,12,14H,6-7H2,1-2H3,(H,23,26). The second kappa shape index (κ2) is 7.24. The molecule has 1 amide bonds. The highest BCUT2D eigenvalue weighted by atomic mass is 35.5. The van der Waals surface area contributed by atoms with E-state index in [-0.39, 0.29) is 23.8 Å². The zero-order chi connectivity index (χ0) is 19.8. The molecule has 144 valence electrons. The van der Waals surface area contributed by atoms with Crippen LogP contribution in [0.25, 0.3) is 10.9 Å². The van der Waals surface area contributed by atoms with Crippen molar-refractivity contribution in [3.8, 4) is 0 Å². The van der Waals surface area contributed by atoms with Gasteiger partial charge in [-0.25, -0.2) is 4.98 Å². The Morgan fingerprint density at radius 2 is 2.07 bits per heavy atom. The lowest BCUT2D eigenvalue weighted by Crippen LogP contribution is -2.33. The zero-order valence-electron chi connectivity index (χ0n) is 15.5. The summed E-state index contributed by atoms with van der Waals surface area (Å²) in [6.07, 6.45) is 3.32. The predicted octanol–water partition coefficient (Wildman–Crippen LogP) is 3.77. The molecule has 2 aromatic heterocycles. The Morgan fingerprint density at radius 1 is 1.29 bits per heavy atom. The van der Waals surface area contributed by atoms with E-state index in [1.165, 1.54) is 7.11 Å². The van der Waals surface area contributed by atoms with Crippen molar-refractivity contribution in [1.29, 1.82) is 0 Å². The molecule has 28 heavy (non-hydrogen) atoms. The summed E-state index contributed by atoms with van der Waals surface area (Å²) in [5.41, 5.74) is 2.33. The molecule has 0 atom stereocenters. The van der Waals surface area contributed by atoms with Gasteiger partial charge in [0.1, 0.15) is 5.69 Å². The van der Waals surface area contributed by atoms with Crippen LogP contribution in [0.4, 0.5) is 5.69 Å². The highest BCUT2D eigenvalue weighted by molar-refractivity contribution is 6.34. The molecular formula is C20H19ClN4O3. The summed E-state index contributed by atoms with van der Waals surface area (Å²) >= 11 is 6.34. The molecular weight excluding hydrogens is 380 g/mol. The van der Waals surface area contributed by atoms with Gasteiger partial charge in [0.15, 0.2) is 0 Å². The largest absolute Gasteiger partial charge is 0.469 e. The Balaban J connectivity index is 1.54. The van der Waals surface area contributed by atoms with Crippen molar-refractivity contribution in [2.45, 2.75) is 25.8 Å². The SMILES string of the molecule is COC(=O)C1CC(n2cc3cc(NC(=O)c4cccc(C)n4)c(Cl)cc3n2)C1. The van der Waals surface area contributed by atoms with Crippen molar-refractivity contribution in [3.05, 3.63) is 52.9 Å². The molecule has 0 unspecified atom stereocenters. The maximum Gasteiger partial charge on any atom is 0.308 e. The number of aromatic nitrogens is 3. The molecule has 3 aromatic rings. The van der Waals surface area contributed by atoms with Crippen LogP contribution in [0.5, 0.6) is 0 Å². The fraction of sp³-hybridized carbons (Fsp3) is 0.300. The topological polar surface area (TPSA) is 86.1 Å². The highest BCUT2D eigenvalue weighted by Gasteiger charge is 2.37. The summed E-state index contributed by atoms with van der Waals surface area (Å²) in [5.74, 6) is -0.564. The predicted molar refractivity (Wildman–Crippen MR) is 105 cm³/mol. The van der Waals surface area contributed by atoms with Crippen LogP contribution in [0, 0.1) is 12.8 Å². The molecule has 0 aliphatic heterocycles. The Hall–Kier alpha value is -2.93. The lowest BCUT2D eigenvalue weighted by Gasteiger charge is -2.33. The van der Waals surface area contributed by atoms with Gasteiger partial charge in [-0.2, -0.15) is 5.10 Å². The number of hydrogen-bond donors (Lipinski definition) is 1. The first-order chi connectivity index (χ1) is 13.4. The third-order valence-electron chi connectivity index (χ3n) is 5.00.